The quantitative estimate of drug-likeness (QED) is 0.804. The molecule has 0 aliphatic carbocycles. The van der Waals surface area contributed by atoms with Gasteiger partial charge in [-0.3, -0.25) is 0 Å². The molecule has 17 heavy (non-hydrogen) atoms. The smallest absolute Gasteiger partial charge is 0.192 e. The van der Waals surface area contributed by atoms with E-state index in [1.807, 2.05) is 12.1 Å². The number of hydrogen-bond acceptors (Lipinski definition) is 2. The summed E-state index contributed by atoms with van der Waals surface area (Å²) in [5.41, 5.74) is 1.12. The average Bonchev–Trinajstić information content (AvgIpc) is 2.16. The molecule has 0 radical (unpaired) electrons. The molecule has 1 atom stereocenters. The molecule has 3 heteroatoms. The Bertz CT molecular complexity index is 363. The molecule has 0 bridgehead atoms. The van der Waals surface area contributed by atoms with Crippen molar-refractivity contribution in [3.8, 4) is 5.75 Å². The summed E-state index contributed by atoms with van der Waals surface area (Å²) in [6, 6.07) is 7.27. The molecule has 0 heterocycles. The minimum Gasteiger partial charge on any atom is -0.508 e. The Balaban J connectivity index is 2.79. The van der Waals surface area contributed by atoms with E-state index in [1.54, 1.807) is 12.1 Å². The van der Waals surface area contributed by atoms with Crippen molar-refractivity contribution in [2.24, 2.45) is 0 Å². The van der Waals surface area contributed by atoms with Crippen molar-refractivity contribution >= 4 is 8.32 Å². The minimum atomic E-state index is -1.73. The van der Waals surface area contributed by atoms with E-state index >= 15 is 0 Å². The van der Waals surface area contributed by atoms with Crippen LogP contribution in [-0.2, 0) is 4.43 Å². The first-order valence-corrected chi connectivity index (χ1v) is 9.01. The Hall–Kier alpha value is -0.803. The second kappa shape index (κ2) is 4.82. The van der Waals surface area contributed by atoms with E-state index < -0.39 is 8.32 Å². The summed E-state index contributed by atoms with van der Waals surface area (Å²) in [5, 5.41) is 9.49. The Labute approximate surface area is 106 Å². The molecule has 0 aliphatic heterocycles. The number of benzene rings is 1. The topological polar surface area (TPSA) is 29.5 Å². The fraction of sp³-hybridized carbons (Fsp3) is 0.571. The van der Waals surface area contributed by atoms with Gasteiger partial charge in [-0.25, -0.2) is 0 Å². The van der Waals surface area contributed by atoms with Crippen LogP contribution < -0.4 is 0 Å². The summed E-state index contributed by atoms with van der Waals surface area (Å²) in [7, 11) is -1.73. The number of aromatic hydroxyl groups is 1. The van der Waals surface area contributed by atoms with Crippen molar-refractivity contribution < 1.29 is 9.53 Å². The predicted molar refractivity (Wildman–Crippen MR) is 74.8 cm³/mol. The van der Waals surface area contributed by atoms with Crippen LogP contribution in [0, 0.1) is 0 Å². The van der Waals surface area contributed by atoms with Crippen molar-refractivity contribution in [2.45, 2.75) is 51.9 Å². The van der Waals surface area contributed by atoms with Crippen LogP contribution in [0.1, 0.15) is 39.4 Å². The molecule has 0 aliphatic rings. The van der Waals surface area contributed by atoms with Gasteiger partial charge in [0, 0.05) is 0 Å². The lowest BCUT2D eigenvalue weighted by Crippen LogP contribution is -2.41. The Morgan fingerprint density at radius 3 is 2.00 bits per heavy atom. The molecule has 0 saturated carbocycles. The molecule has 1 aromatic rings. The van der Waals surface area contributed by atoms with Crippen molar-refractivity contribution in [2.75, 3.05) is 0 Å². The molecular weight excluding hydrogens is 228 g/mol. The van der Waals surface area contributed by atoms with Crippen LogP contribution >= 0.6 is 0 Å². The molecule has 1 N–H and O–H groups in total. The van der Waals surface area contributed by atoms with Gasteiger partial charge < -0.3 is 9.53 Å². The normalized spacial score (nSPS) is 14.7. The van der Waals surface area contributed by atoms with Gasteiger partial charge in [0.05, 0.1) is 6.10 Å². The average molecular weight is 252 g/mol. The first-order valence-electron chi connectivity index (χ1n) is 6.10. The van der Waals surface area contributed by atoms with Crippen molar-refractivity contribution in [3.05, 3.63) is 29.8 Å². The van der Waals surface area contributed by atoms with Crippen molar-refractivity contribution in [1.29, 1.82) is 0 Å². The van der Waals surface area contributed by atoms with E-state index in [1.165, 1.54) is 0 Å². The highest BCUT2D eigenvalue weighted by atomic mass is 28.4. The van der Waals surface area contributed by atoms with Crippen LogP contribution in [0.15, 0.2) is 24.3 Å². The van der Waals surface area contributed by atoms with Crippen molar-refractivity contribution in [1.82, 2.24) is 0 Å². The van der Waals surface area contributed by atoms with Gasteiger partial charge in [0.2, 0.25) is 0 Å². The van der Waals surface area contributed by atoms with Gasteiger partial charge in [-0.15, -0.1) is 0 Å². The highest BCUT2D eigenvalue weighted by Crippen LogP contribution is 2.39. The van der Waals surface area contributed by atoms with E-state index in [-0.39, 0.29) is 11.1 Å². The number of rotatable bonds is 3. The molecule has 1 unspecified atom stereocenters. The maximum absolute atomic E-state index is 9.27. The Morgan fingerprint density at radius 2 is 1.59 bits per heavy atom. The van der Waals surface area contributed by atoms with Crippen LogP contribution in [0.3, 0.4) is 0 Å². The molecular formula is C14H24O2Si. The number of hydrogen-bond donors (Lipinski definition) is 1. The number of phenols is 1. The highest BCUT2D eigenvalue weighted by molar-refractivity contribution is 6.74. The summed E-state index contributed by atoms with van der Waals surface area (Å²) in [5.74, 6) is 0.299. The maximum Gasteiger partial charge on any atom is 0.192 e. The van der Waals surface area contributed by atoms with Gasteiger partial charge >= 0.3 is 0 Å². The third-order valence-corrected chi connectivity index (χ3v) is 8.20. The van der Waals surface area contributed by atoms with E-state index in [4.69, 9.17) is 4.43 Å². The summed E-state index contributed by atoms with van der Waals surface area (Å²) < 4.78 is 6.29. The van der Waals surface area contributed by atoms with Gasteiger partial charge in [-0.2, -0.15) is 0 Å². The largest absolute Gasteiger partial charge is 0.508 e. The Morgan fingerprint density at radius 1 is 1.12 bits per heavy atom. The van der Waals surface area contributed by atoms with E-state index in [2.05, 4.69) is 40.8 Å². The molecule has 0 spiro atoms. The van der Waals surface area contributed by atoms with E-state index in [0.717, 1.165) is 5.56 Å². The molecule has 0 amide bonds. The van der Waals surface area contributed by atoms with Gasteiger partial charge in [-0.05, 0) is 42.8 Å². The highest BCUT2D eigenvalue weighted by Gasteiger charge is 2.38. The zero-order valence-electron chi connectivity index (χ0n) is 11.7. The molecule has 1 rings (SSSR count). The fourth-order valence-corrected chi connectivity index (χ4v) is 2.81. The molecule has 1 aromatic carbocycles. The van der Waals surface area contributed by atoms with E-state index in [0.29, 0.717) is 5.75 Å². The molecule has 2 nitrogen and oxygen atoms in total. The summed E-state index contributed by atoms with van der Waals surface area (Å²) in [4.78, 5) is 0. The monoisotopic (exact) mass is 252 g/mol. The second-order valence-corrected chi connectivity index (χ2v) is 10.9. The number of phenolic OH excluding ortho intramolecular Hbond substituents is 1. The summed E-state index contributed by atoms with van der Waals surface area (Å²) >= 11 is 0. The molecule has 0 saturated heterocycles. The second-order valence-electron chi connectivity index (χ2n) is 6.11. The standard InChI is InChI=1S/C14H24O2Si/c1-11(12-7-9-13(15)10-8-12)16-17(5,6)14(2,3)4/h7-11,15H,1-6H3. The van der Waals surface area contributed by atoms with Gasteiger partial charge in [0.25, 0.3) is 0 Å². The zero-order valence-corrected chi connectivity index (χ0v) is 12.7. The maximum atomic E-state index is 9.27. The lowest BCUT2D eigenvalue weighted by atomic mass is 10.1. The predicted octanol–water partition coefficient (Wildman–Crippen LogP) is 4.48. The minimum absolute atomic E-state index is 0.0801. The van der Waals surface area contributed by atoms with Crippen LogP contribution in [0.5, 0.6) is 5.75 Å². The van der Waals surface area contributed by atoms with Crippen LogP contribution in [-0.4, -0.2) is 13.4 Å². The van der Waals surface area contributed by atoms with Crippen LogP contribution in [0.25, 0.3) is 0 Å². The Kier molecular flexibility index (Phi) is 4.05. The summed E-state index contributed by atoms with van der Waals surface area (Å²) in [6.07, 6.45) is 0.0801. The molecule has 0 aromatic heterocycles. The third kappa shape index (κ3) is 3.58. The first-order chi connectivity index (χ1) is 7.63. The fourth-order valence-electron chi connectivity index (χ4n) is 1.43. The van der Waals surface area contributed by atoms with Gasteiger partial charge in [0.1, 0.15) is 5.75 Å². The molecule has 0 fully saturated rings. The van der Waals surface area contributed by atoms with Crippen LogP contribution in [0.4, 0.5) is 0 Å². The van der Waals surface area contributed by atoms with Crippen LogP contribution in [0.2, 0.25) is 18.1 Å². The van der Waals surface area contributed by atoms with E-state index in [9.17, 15) is 5.11 Å². The van der Waals surface area contributed by atoms with Gasteiger partial charge in [0.15, 0.2) is 8.32 Å². The SMILES string of the molecule is CC(O[Si](C)(C)C(C)(C)C)c1ccc(O)cc1. The van der Waals surface area contributed by atoms with Gasteiger partial charge in [-0.1, -0.05) is 32.9 Å². The first kappa shape index (κ1) is 14.3. The molecule has 96 valence electrons. The third-order valence-electron chi connectivity index (χ3n) is 3.64. The summed E-state index contributed by atoms with van der Waals surface area (Å²) in [6.45, 7) is 13.3. The zero-order chi connectivity index (χ0) is 13.3. The lowest BCUT2D eigenvalue weighted by Gasteiger charge is -2.38. The van der Waals surface area contributed by atoms with Crippen molar-refractivity contribution in [3.63, 3.8) is 0 Å². The lowest BCUT2D eigenvalue weighted by molar-refractivity contribution is 0.203.